The third-order valence-corrected chi connectivity index (χ3v) is 6.47. The maximum Gasteiger partial charge on any atom is 0.244 e. The Bertz CT molecular complexity index is 683. The maximum atomic E-state index is 13.7. The second-order valence-corrected chi connectivity index (χ2v) is 8.20. The minimum absolute atomic E-state index is 0.0987. The number of hydrogen-bond acceptors (Lipinski definition) is 5. The predicted octanol–water partition coefficient (Wildman–Crippen LogP) is 2.04. The molecule has 1 saturated carbocycles. The SMILES string of the molecule is COCCOc1ccc(F)cc1S(=O)(=O)NC1(CN)CCCCC1C. The molecule has 0 bridgehead atoms. The average molecular weight is 374 g/mol. The highest BCUT2D eigenvalue weighted by atomic mass is 32.2. The Morgan fingerprint density at radius 2 is 2.12 bits per heavy atom. The third-order valence-electron chi connectivity index (χ3n) is 4.90. The van der Waals surface area contributed by atoms with Crippen LogP contribution in [0.5, 0.6) is 5.75 Å². The Hall–Kier alpha value is -1.22. The summed E-state index contributed by atoms with van der Waals surface area (Å²) in [6.45, 7) is 2.66. The van der Waals surface area contributed by atoms with Gasteiger partial charge < -0.3 is 15.2 Å². The molecular weight excluding hydrogens is 347 g/mol. The summed E-state index contributed by atoms with van der Waals surface area (Å²) >= 11 is 0. The van der Waals surface area contributed by atoms with Crippen molar-refractivity contribution in [2.45, 2.75) is 43.0 Å². The predicted molar refractivity (Wildman–Crippen MR) is 93.5 cm³/mol. The molecule has 2 rings (SSSR count). The maximum absolute atomic E-state index is 13.7. The van der Waals surface area contributed by atoms with Crippen LogP contribution in [0.15, 0.2) is 23.1 Å². The van der Waals surface area contributed by atoms with Gasteiger partial charge in [0.25, 0.3) is 0 Å². The molecule has 0 amide bonds. The molecule has 0 saturated heterocycles. The van der Waals surface area contributed by atoms with Crippen LogP contribution in [-0.4, -0.2) is 40.8 Å². The van der Waals surface area contributed by atoms with Crippen LogP contribution in [-0.2, 0) is 14.8 Å². The van der Waals surface area contributed by atoms with Crippen LogP contribution in [0.2, 0.25) is 0 Å². The fourth-order valence-corrected chi connectivity index (χ4v) is 4.97. The molecule has 2 unspecified atom stereocenters. The van der Waals surface area contributed by atoms with E-state index in [2.05, 4.69) is 4.72 Å². The zero-order chi connectivity index (χ0) is 18.5. The standard InChI is InChI=1S/C17H27FN2O4S/c1-13-5-3-4-8-17(13,12-19)20-25(21,22)16-11-14(18)6-7-15(16)24-10-9-23-2/h6-7,11,13,20H,3-5,8-10,12,19H2,1-2H3. The lowest BCUT2D eigenvalue weighted by atomic mass is 9.74. The van der Waals surface area contributed by atoms with E-state index in [1.807, 2.05) is 6.92 Å². The number of sulfonamides is 1. The summed E-state index contributed by atoms with van der Waals surface area (Å²) in [5.74, 6) is -0.438. The van der Waals surface area contributed by atoms with E-state index in [9.17, 15) is 12.8 Å². The summed E-state index contributed by atoms with van der Waals surface area (Å²) in [7, 11) is -2.47. The molecule has 142 valence electrons. The lowest BCUT2D eigenvalue weighted by Gasteiger charge is -2.42. The van der Waals surface area contributed by atoms with E-state index >= 15 is 0 Å². The van der Waals surface area contributed by atoms with E-state index in [1.54, 1.807) is 0 Å². The molecule has 6 nitrogen and oxygen atoms in total. The molecule has 0 aromatic heterocycles. The van der Waals surface area contributed by atoms with Gasteiger partial charge in [-0.05, 0) is 37.0 Å². The highest BCUT2D eigenvalue weighted by Crippen LogP contribution is 2.35. The number of methoxy groups -OCH3 is 1. The summed E-state index contributed by atoms with van der Waals surface area (Å²) in [6.07, 6.45) is 3.53. The minimum Gasteiger partial charge on any atom is -0.490 e. The molecule has 8 heteroatoms. The number of ether oxygens (including phenoxy) is 2. The van der Waals surface area contributed by atoms with E-state index in [1.165, 1.54) is 19.2 Å². The third kappa shape index (κ3) is 4.69. The lowest BCUT2D eigenvalue weighted by Crippen LogP contribution is -2.58. The van der Waals surface area contributed by atoms with Gasteiger partial charge in [0.2, 0.25) is 10.0 Å². The molecule has 3 N–H and O–H groups in total. The molecule has 1 fully saturated rings. The van der Waals surface area contributed by atoms with E-state index in [0.717, 1.165) is 25.3 Å². The fourth-order valence-electron chi connectivity index (χ4n) is 3.28. The zero-order valence-corrected chi connectivity index (χ0v) is 15.6. The van der Waals surface area contributed by atoms with Crippen molar-refractivity contribution < 1.29 is 22.3 Å². The van der Waals surface area contributed by atoms with Gasteiger partial charge in [-0.3, -0.25) is 0 Å². The van der Waals surface area contributed by atoms with Gasteiger partial charge in [0.15, 0.2) is 0 Å². The summed E-state index contributed by atoms with van der Waals surface area (Å²) in [5, 5.41) is 0. The van der Waals surface area contributed by atoms with Gasteiger partial charge in [-0.25, -0.2) is 17.5 Å². The van der Waals surface area contributed by atoms with Crippen molar-refractivity contribution in [3.05, 3.63) is 24.0 Å². The number of rotatable bonds is 8. The molecule has 0 heterocycles. The average Bonchev–Trinajstić information content (AvgIpc) is 2.58. The second-order valence-electron chi connectivity index (χ2n) is 6.54. The van der Waals surface area contributed by atoms with Gasteiger partial charge in [0.05, 0.1) is 6.61 Å². The van der Waals surface area contributed by atoms with Gasteiger partial charge in [0.1, 0.15) is 23.1 Å². The van der Waals surface area contributed by atoms with Gasteiger partial charge >= 0.3 is 0 Å². The smallest absolute Gasteiger partial charge is 0.244 e. The van der Waals surface area contributed by atoms with Crippen LogP contribution in [0.1, 0.15) is 32.6 Å². The molecule has 0 radical (unpaired) electrons. The fraction of sp³-hybridized carbons (Fsp3) is 0.647. The largest absolute Gasteiger partial charge is 0.490 e. The second kappa shape index (κ2) is 8.44. The highest BCUT2D eigenvalue weighted by Gasteiger charge is 2.41. The monoisotopic (exact) mass is 374 g/mol. The lowest BCUT2D eigenvalue weighted by molar-refractivity contribution is 0.144. The number of nitrogens with one attached hydrogen (secondary N) is 1. The molecule has 2 atom stereocenters. The van der Waals surface area contributed by atoms with Gasteiger partial charge in [0, 0.05) is 19.2 Å². The quantitative estimate of drug-likeness (QED) is 0.680. The van der Waals surface area contributed by atoms with Crippen LogP contribution in [0, 0.1) is 11.7 Å². The molecule has 1 aromatic rings. The molecule has 1 aromatic carbocycles. The first-order chi connectivity index (χ1) is 11.8. The van der Waals surface area contributed by atoms with E-state index in [4.69, 9.17) is 15.2 Å². The normalized spacial score (nSPS) is 24.2. The van der Waals surface area contributed by atoms with Gasteiger partial charge in [-0.2, -0.15) is 0 Å². The molecular formula is C17H27FN2O4S. The van der Waals surface area contributed by atoms with Crippen molar-refractivity contribution in [3.8, 4) is 5.75 Å². The Morgan fingerprint density at radius 1 is 1.36 bits per heavy atom. The molecule has 0 aliphatic heterocycles. The number of nitrogens with two attached hydrogens (primary N) is 1. The van der Waals surface area contributed by atoms with Crippen molar-refractivity contribution in [1.29, 1.82) is 0 Å². The summed E-state index contributed by atoms with van der Waals surface area (Å²) in [6, 6.07) is 3.46. The number of hydrogen-bond donors (Lipinski definition) is 2. The summed E-state index contributed by atoms with van der Waals surface area (Å²) in [4.78, 5) is -0.214. The van der Waals surface area contributed by atoms with Crippen molar-refractivity contribution in [3.63, 3.8) is 0 Å². The summed E-state index contributed by atoms with van der Waals surface area (Å²) < 4.78 is 52.8. The van der Waals surface area contributed by atoms with Crippen molar-refractivity contribution in [2.24, 2.45) is 11.7 Å². The Balaban J connectivity index is 2.33. The number of halogens is 1. The van der Waals surface area contributed by atoms with Crippen LogP contribution in [0.25, 0.3) is 0 Å². The zero-order valence-electron chi connectivity index (χ0n) is 14.8. The first-order valence-electron chi connectivity index (χ1n) is 8.50. The van der Waals surface area contributed by atoms with Crippen molar-refractivity contribution in [2.75, 3.05) is 26.9 Å². The van der Waals surface area contributed by atoms with E-state index in [-0.39, 0.29) is 29.7 Å². The van der Waals surface area contributed by atoms with Crippen LogP contribution < -0.4 is 15.2 Å². The van der Waals surface area contributed by atoms with Crippen LogP contribution >= 0.6 is 0 Å². The molecule has 0 spiro atoms. The molecule has 25 heavy (non-hydrogen) atoms. The Kier molecular flexibility index (Phi) is 6.79. The molecule has 1 aliphatic rings. The first kappa shape index (κ1) is 20.1. The van der Waals surface area contributed by atoms with Gasteiger partial charge in [-0.1, -0.05) is 19.8 Å². The number of benzene rings is 1. The molecule has 1 aliphatic carbocycles. The Labute approximate surface area is 148 Å². The first-order valence-corrected chi connectivity index (χ1v) is 9.98. The van der Waals surface area contributed by atoms with Gasteiger partial charge in [-0.15, -0.1) is 0 Å². The summed E-state index contributed by atoms with van der Waals surface area (Å²) in [5.41, 5.74) is 5.22. The van der Waals surface area contributed by atoms with Crippen molar-refractivity contribution >= 4 is 10.0 Å². The minimum atomic E-state index is -3.99. The van der Waals surface area contributed by atoms with E-state index < -0.39 is 21.4 Å². The van der Waals surface area contributed by atoms with E-state index in [0.29, 0.717) is 13.0 Å². The highest BCUT2D eigenvalue weighted by molar-refractivity contribution is 7.89. The van der Waals surface area contributed by atoms with Crippen LogP contribution in [0.4, 0.5) is 4.39 Å². The topological polar surface area (TPSA) is 90.6 Å². The Morgan fingerprint density at radius 3 is 2.76 bits per heavy atom. The van der Waals surface area contributed by atoms with Crippen molar-refractivity contribution in [1.82, 2.24) is 4.72 Å². The van der Waals surface area contributed by atoms with Crippen LogP contribution in [0.3, 0.4) is 0 Å².